The summed E-state index contributed by atoms with van der Waals surface area (Å²) in [6.45, 7) is 21.3. The summed E-state index contributed by atoms with van der Waals surface area (Å²) in [5.74, 6) is 0.571. The van der Waals surface area contributed by atoms with Gasteiger partial charge < -0.3 is 18.6 Å². The van der Waals surface area contributed by atoms with Gasteiger partial charge in [-0.3, -0.25) is 0 Å². The van der Waals surface area contributed by atoms with Gasteiger partial charge in [-0.05, 0) is 245 Å². The highest BCUT2D eigenvalue weighted by molar-refractivity contribution is 6.31. The normalized spacial score (nSPS) is 13.8. The summed E-state index contributed by atoms with van der Waals surface area (Å²) in [6, 6.07) is 124. The van der Waals surface area contributed by atoms with Crippen LogP contribution < -0.4 is 9.80 Å². The second kappa shape index (κ2) is 25.7. The van der Waals surface area contributed by atoms with Gasteiger partial charge in [-0.25, -0.2) is 0 Å². The molecule has 1 unspecified atom stereocenters. The lowest BCUT2D eigenvalue weighted by Crippen LogP contribution is -2.14. The van der Waals surface area contributed by atoms with E-state index in [9.17, 15) is 0 Å². The van der Waals surface area contributed by atoms with E-state index in [-0.39, 0.29) is 28.6 Å². The molecule has 0 saturated heterocycles. The Morgan fingerprint density at radius 2 is 0.744 bits per heavy atom. The van der Waals surface area contributed by atoms with Crippen molar-refractivity contribution in [3.05, 3.63) is 372 Å². The van der Waals surface area contributed by atoms with Crippen LogP contribution in [0, 0.1) is 0 Å². The summed E-state index contributed by atoms with van der Waals surface area (Å²) in [5.41, 5.74) is 32.9. The molecule has 2 aliphatic rings. The van der Waals surface area contributed by atoms with Crippen LogP contribution in [0.5, 0.6) is 0 Å². The smallest absolute Gasteiger partial charge is 0.159 e. The second-order valence-electron chi connectivity index (χ2n) is 34.9. The number of hydrogen-bond acceptors (Lipinski definition) is 4. The van der Waals surface area contributed by atoms with Crippen molar-refractivity contribution in [2.45, 2.75) is 97.3 Å². The lowest BCUT2D eigenvalue weighted by Gasteiger charge is -2.31. The second-order valence-corrected chi connectivity index (χ2v) is 34.9. The lowest BCUT2D eigenvalue weighted by molar-refractivity contribution is 0.660. The van der Waals surface area contributed by atoms with E-state index in [4.69, 9.17) is 8.83 Å². The third kappa shape index (κ3) is 10.2. The molecule has 560 valence electrons. The Morgan fingerprint density at radius 1 is 0.282 bits per heavy atom. The molecule has 0 aliphatic heterocycles. The quantitative estimate of drug-likeness (QED) is 0.102. The Labute approximate surface area is 681 Å². The zero-order valence-electron chi connectivity index (χ0n) is 67.3. The zero-order chi connectivity index (χ0) is 78.6. The van der Waals surface area contributed by atoms with E-state index >= 15 is 0 Å². The van der Waals surface area contributed by atoms with Crippen LogP contribution in [0.2, 0.25) is 0 Å². The van der Waals surface area contributed by atoms with Crippen LogP contribution in [0.25, 0.3) is 164 Å². The largest absolute Gasteiger partial charge is 0.454 e. The van der Waals surface area contributed by atoms with Gasteiger partial charge in [0.15, 0.2) is 11.2 Å². The minimum absolute atomic E-state index is 0.0801. The van der Waals surface area contributed by atoms with Crippen molar-refractivity contribution < 1.29 is 8.83 Å². The standard InChI is InChI=1S/C113H86N2O2/c1-65(2)89-63-91(73-46-58-97-93(62-73)78-28-14-18-34-95(78)113(97,8)9)84-54-53-83-90(66(3)4)64-102(88-56-55-82(89)108(84)109(83)88)114(100-36-22-31-85-79-29-15-19-38-103(79)116-110(85)100)75-48-40-68(41-49-75)67(5)60-74-26-21-35-99(105(74)69-24-11-10-12-25-69)115(101-37-23-32-86-80-30-16-20-39-104(80)117-111(86)101)98-59-47-71-43-51-81-76(50-42-70-44-52-87(98)107(71)106(70)81)72-45-57-96-92(61-72)77-27-13-17-33-94(77)112(96,6)7/h10-59,61-67H,60H2,1-9H3. The number of fused-ring (bicyclic) bond motifs is 12. The topological polar surface area (TPSA) is 32.8 Å². The van der Waals surface area contributed by atoms with Crippen molar-refractivity contribution >= 4 is 143 Å². The molecule has 0 bridgehead atoms. The van der Waals surface area contributed by atoms with Crippen LogP contribution in [0.4, 0.5) is 34.1 Å². The fourth-order valence-electron chi connectivity index (χ4n) is 21.3. The van der Waals surface area contributed by atoms with Crippen molar-refractivity contribution in [1.82, 2.24) is 0 Å². The maximum Gasteiger partial charge on any atom is 0.159 e. The molecule has 0 radical (unpaired) electrons. The molecule has 0 saturated carbocycles. The number of furan rings is 2. The molecule has 19 aromatic carbocycles. The Morgan fingerprint density at radius 3 is 1.38 bits per heavy atom. The van der Waals surface area contributed by atoms with Crippen LogP contribution in [0.1, 0.15) is 125 Å². The molecule has 0 N–H and O–H groups in total. The molecule has 2 aromatic heterocycles. The molecule has 21 aromatic rings. The molecule has 1 atom stereocenters. The van der Waals surface area contributed by atoms with E-state index in [1.165, 1.54) is 159 Å². The third-order valence-electron chi connectivity index (χ3n) is 27.0. The zero-order valence-corrected chi connectivity index (χ0v) is 67.3. The molecular formula is C113H86N2O2. The van der Waals surface area contributed by atoms with Crippen molar-refractivity contribution in [2.24, 2.45) is 0 Å². The number of hydrogen-bond donors (Lipinski definition) is 0. The van der Waals surface area contributed by atoms with Gasteiger partial charge in [0, 0.05) is 54.4 Å². The number of rotatable bonds is 14. The first-order valence-electron chi connectivity index (χ1n) is 41.8. The van der Waals surface area contributed by atoms with E-state index < -0.39 is 0 Å². The van der Waals surface area contributed by atoms with Crippen molar-refractivity contribution in [3.63, 3.8) is 0 Å². The highest BCUT2D eigenvalue weighted by atomic mass is 16.3. The lowest BCUT2D eigenvalue weighted by atomic mass is 9.81. The van der Waals surface area contributed by atoms with E-state index in [0.29, 0.717) is 0 Å². The number of anilines is 6. The van der Waals surface area contributed by atoms with Gasteiger partial charge in [0.05, 0.1) is 28.4 Å². The Balaban J connectivity index is 0.680. The minimum Gasteiger partial charge on any atom is -0.454 e. The Kier molecular flexibility index (Phi) is 15.2. The Bertz CT molecular complexity index is 7690. The summed E-state index contributed by atoms with van der Waals surface area (Å²) < 4.78 is 14.3. The third-order valence-corrected chi connectivity index (χ3v) is 27.0. The van der Waals surface area contributed by atoms with Crippen molar-refractivity contribution in [3.8, 4) is 55.6 Å². The van der Waals surface area contributed by atoms with Crippen LogP contribution in [0.3, 0.4) is 0 Å². The average Bonchev–Trinajstić information content (AvgIpc) is 0.870. The fourth-order valence-corrected chi connectivity index (χ4v) is 21.3. The summed E-state index contributed by atoms with van der Waals surface area (Å²) >= 11 is 0. The van der Waals surface area contributed by atoms with Crippen LogP contribution in [-0.2, 0) is 17.3 Å². The number of nitrogens with zero attached hydrogens (tertiary/aromatic N) is 2. The van der Waals surface area contributed by atoms with Gasteiger partial charge in [0.25, 0.3) is 0 Å². The van der Waals surface area contributed by atoms with E-state index in [1.54, 1.807) is 0 Å². The molecule has 23 rings (SSSR count). The first-order chi connectivity index (χ1) is 57.1. The minimum atomic E-state index is -0.0874. The van der Waals surface area contributed by atoms with Crippen LogP contribution >= 0.6 is 0 Å². The summed E-state index contributed by atoms with van der Waals surface area (Å²) in [4.78, 5) is 5.04. The van der Waals surface area contributed by atoms with Gasteiger partial charge in [0.2, 0.25) is 0 Å². The average molecular weight is 1500 g/mol. The summed E-state index contributed by atoms with van der Waals surface area (Å²) in [6.07, 6.45) is 0.763. The van der Waals surface area contributed by atoms with Gasteiger partial charge in [-0.1, -0.05) is 317 Å². The molecule has 0 spiro atoms. The molecule has 4 nitrogen and oxygen atoms in total. The Hall–Kier alpha value is -13.5. The van der Waals surface area contributed by atoms with Crippen LogP contribution in [0.15, 0.2) is 336 Å². The maximum atomic E-state index is 7.15. The maximum absolute atomic E-state index is 7.15. The summed E-state index contributed by atoms with van der Waals surface area (Å²) in [5, 5.41) is 19.4. The van der Waals surface area contributed by atoms with Gasteiger partial charge in [0.1, 0.15) is 11.2 Å². The first kappa shape index (κ1) is 69.0. The van der Waals surface area contributed by atoms with Crippen molar-refractivity contribution in [1.29, 1.82) is 0 Å². The predicted molar refractivity (Wildman–Crippen MR) is 496 cm³/mol. The SMILES string of the molecule is CC(C)c1cc(-c2ccc3c(c2)-c2ccccc2C3(C)C)c2ccc3c(C(C)C)cc(N(c4ccc(C(C)Cc5cccc(N(c6ccc7ccc8c(-c9ccc%10c(c9)-c9ccccc9C%10(C)C)ccc9ccc6c7c98)c6cccc7c6oc6ccccc67)c5-c5ccccc5)cc4)c4cccc5c4oc4ccccc45)c4ccc1c2c34. The number of benzene rings is 19. The van der Waals surface area contributed by atoms with Crippen LogP contribution in [-0.4, -0.2) is 0 Å². The number of para-hydroxylation sites is 4. The van der Waals surface area contributed by atoms with E-state index in [0.717, 1.165) is 90.0 Å². The highest BCUT2D eigenvalue weighted by Gasteiger charge is 2.38. The predicted octanol–water partition coefficient (Wildman–Crippen LogP) is 32.4. The molecule has 117 heavy (non-hydrogen) atoms. The van der Waals surface area contributed by atoms with Gasteiger partial charge in [-0.2, -0.15) is 0 Å². The monoisotopic (exact) mass is 1500 g/mol. The molecule has 2 aliphatic carbocycles. The van der Waals surface area contributed by atoms with E-state index in [1.807, 2.05) is 0 Å². The molecule has 4 heteroatoms. The van der Waals surface area contributed by atoms with Crippen molar-refractivity contribution in [2.75, 3.05) is 9.80 Å². The molecule has 2 heterocycles. The van der Waals surface area contributed by atoms with Gasteiger partial charge >= 0.3 is 0 Å². The van der Waals surface area contributed by atoms with Gasteiger partial charge in [-0.15, -0.1) is 0 Å². The first-order valence-corrected chi connectivity index (χ1v) is 41.8. The molecular weight excluding hydrogens is 1420 g/mol. The summed E-state index contributed by atoms with van der Waals surface area (Å²) in [7, 11) is 0. The van der Waals surface area contributed by atoms with E-state index in [2.05, 4.69) is 400 Å². The fraction of sp³-hybridized carbons (Fsp3) is 0.133. The molecule has 0 amide bonds. The highest BCUT2D eigenvalue weighted by Crippen LogP contribution is 2.57. The molecule has 0 fully saturated rings.